The van der Waals surface area contributed by atoms with Crippen LogP contribution in [-0.2, 0) is 4.57 Å². The molecule has 5 aromatic rings. The zero-order valence-corrected chi connectivity index (χ0v) is 20.2. The van der Waals surface area contributed by atoms with Crippen LogP contribution >= 0.6 is 7.14 Å². The van der Waals surface area contributed by atoms with Gasteiger partial charge in [-0.3, -0.25) is 0 Å². The number of hydrogen-bond acceptors (Lipinski definition) is 4. The fourth-order valence-corrected chi connectivity index (χ4v) is 6.64. The van der Waals surface area contributed by atoms with E-state index in [1.165, 1.54) is 37.9 Å². The molecule has 36 heavy (non-hydrogen) atoms. The van der Waals surface area contributed by atoms with E-state index in [9.17, 15) is 8.96 Å². The van der Waals surface area contributed by atoms with Gasteiger partial charge in [-0.05, 0) is 43.2 Å². The Labute approximate surface area is 203 Å². The van der Waals surface area contributed by atoms with Crippen molar-refractivity contribution in [3.05, 3.63) is 83.7 Å². The second-order valence-corrected chi connectivity index (χ2v) is 12.8. The van der Waals surface area contributed by atoms with Crippen LogP contribution in [0.15, 0.2) is 54.9 Å². The first-order valence-corrected chi connectivity index (χ1v) is 14.1. The van der Waals surface area contributed by atoms with Crippen LogP contribution in [0.3, 0.4) is 0 Å². The Bertz CT molecular complexity index is 1790. The fraction of sp³-hybridized carbons (Fsp3) is 0.192. The number of fused-ring (bicyclic) bond motifs is 6. The predicted octanol–water partition coefficient (Wildman–Crippen LogP) is 5.52. The maximum atomic E-state index is 15.3. The molecule has 0 fully saturated rings. The zero-order chi connectivity index (χ0) is 24.9. The van der Waals surface area contributed by atoms with Crippen LogP contribution in [0.5, 0.6) is 0 Å². The second kappa shape index (κ2) is 7.17. The first-order valence-electron chi connectivity index (χ1n) is 11.5. The van der Waals surface area contributed by atoms with E-state index in [0.717, 1.165) is 0 Å². The largest absolute Gasteiger partial charge is 0.319 e. The summed E-state index contributed by atoms with van der Waals surface area (Å²) in [5, 5.41) is 4.31. The molecule has 0 saturated heterocycles. The summed E-state index contributed by atoms with van der Waals surface area (Å²) in [6.07, 6.45) is 2.01. The van der Waals surface area contributed by atoms with Gasteiger partial charge in [-0.1, -0.05) is 24.3 Å². The topological polar surface area (TPSA) is 65.6 Å². The van der Waals surface area contributed by atoms with Crippen LogP contribution in [0.1, 0.15) is 29.9 Å². The summed E-state index contributed by atoms with van der Waals surface area (Å²) in [6.45, 7) is 2.81. The molecule has 2 aromatic heterocycles. The molecule has 0 radical (unpaired) electrons. The van der Waals surface area contributed by atoms with Gasteiger partial charge in [0, 0.05) is 23.1 Å². The predicted molar refractivity (Wildman–Crippen MR) is 130 cm³/mol. The molecule has 0 aliphatic carbocycles. The van der Waals surface area contributed by atoms with Gasteiger partial charge in [-0.2, -0.15) is 5.10 Å². The van der Waals surface area contributed by atoms with Crippen molar-refractivity contribution in [2.24, 2.45) is 0 Å². The summed E-state index contributed by atoms with van der Waals surface area (Å²) in [4.78, 5) is 9.22. The molecule has 7 rings (SSSR count). The monoisotopic (exact) mass is 505 g/mol. The highest BCUT2D eigenvalue weighted by Gasteiger charge is 2.43. The summed E-state index contributed by atoms with van der Waals surface area (Å²) in [5.74, 6) is -1.17. The van der Waals surface area contributed by atoms with E-state index >= 15 is 8.78 Å². The summed E-state index contributed by atoms with van der Waals surface area (Å²) in [5.41, 5.74) is 3.05. The molecule has 0 spiro atoms. The van der Waals surface area contributed by atoms with Gasteiger partial charge in [0.15, 0.2) is 17.5 Å². The molecular formula is C26H19F3N5OP. The number of aromatic nitrogens is 5. The molecule has 0 unspecified atom stereocenters. The third-order valence-electron chi connectivity index (χ3n) is 7.22. The number of benzene rings is 3. The minimum absolute atomic E-state index is 0.0606. The van der Waals surface area contributed by atoms with Crippen LogP contribution in [0.2, 0.25) is 0 Å². The maximum Gasteiger partial charge on any atom is 0.170 e. The number of rotatable bonds is 2. The van der Waals surface area contributed by atoms with Gasteiger partial charge in [0.1, 0.15) is 31.2 Å². The minimum Gasteiger partial charge on any atom is -0.319 e. The molecule has 3 aromatic carbocycles. The highest BCUT2D eigenvalue weighted by molar-refractivity contribution is 7.70. The Balaban J connectivity index is 1.46. The van der Waals surface area contributed by atoms with Crippen LogP contribution in [-0.4, -0.2) is 37.6 Å². The summed E-state index contributed by atoms with van der Waals surface area (Å²) in [7, 11) is -2.99. The summed E-state index contributed by atoms with van der Waals surface area (Å²) in [6, 6.07) is 12.3. The number of hydrogen-bond donors (Lipinski definition) is 0. The molecule has 4 heterocycles. The average Bonchev–Trinajstić information content (AvgIpc) is 3.51. The Hall–Kier alpha value is -3.71. The van der Waals surface area contributed by atoms with Crippen LogP contribution in [0.25, 0.3) is 33.5 Å². The number of imidazole rings is 1. The van der Waals surface area contributed by atoms with Crippen molar-refractivity contribution < 1.29 is 17.7 Å². The minimum atomic E-state index is -2.99. The van der Waals surface area contributed by atoms with Gasteiger partial charge >= 0.3 is 0 Å². The van der Waals surface area contributed by atoms with E-state index < -0.39 is 18.8 Å². The summed E-state index contributed by atoms with van der Waals surface area (Å²) < 4.78 is 61.4. The SMILES string of the molecule is CP(C)(=O)c1ccc(-c2ccc3nc4n(c3c2)[C@H]2C[C@@H]4n3ncnc3-c3cccc(F)c32)c(F)c1F. The van der Waals surface area contributed by atoms with E-state index in [0.29, 0.717) is 45.8 Å². The lowest BCUT2D eigenvalue weighted by atomic mass is 9.97. The quantitative estimate of drug-likeness (QED) is 0.296. The third-order valence-corrected chi connectivity index (χ3v) is 8.73. The summed E-state index contributed by atoms with van der Waals surface area (Å²) >= 11 is 0. The Morgan fingerprint density at radius 3 is 2.61 bits per heavy atom. The highest BCUT2D eigenvalue weighted by Crippen LogP contribution is 2.49. The number of halogens is 3. The van der Waals surface area contributed by atoms with Crippen molar-refractivity contribution in [2.45, 2.75) is 18.5 Å². The van der Waals surface area contributed by atoms with Gasteiger partial charge < -0.3 is 9.13 Å². The second-order valence-electron chi connectivity index (χ2n) is 9.65. The van der Waals surface area contributed by atoms with Crippen molar-refractivity contribution in [1.29, 1.82) is 0 Å². The van der Waals surface area contributed by atoms with Crippen LogP contribution in [0, 0.1) is 17.5 Å². The maximum absolute atomic E-state index is 15.3. The molecule has 0 amide bonds. The van der Waals surface area contributed by atoms with Crippen molar-refractivity contribution >= 4 is 23.5 Å². The molecule has 6 nitrogen and oxygen atoms in total. The van der Waals surface area contributed by atoms with E-state index in [2.05, 4.69) is 10.1 Å². The Kier molecular flexibility index (Phi) is 4.29. The Morgan fingerprint density at radius 1 is 0.972 bits per heavy atom. The van der Waals surface area contributed by atoms with Crippen molar-refractivity contribution in [1.82, 2.24) is 24.3 Å². The molecule has 2 atom stereocenters. The molecule has 0 saturated carbocycles. The van der Waals surface area contributed by atoms with E-state index in [-0.39, 0.29) is 28.8 Å². The van der Waals surface area contributed by atoms with E-state index in [1.54, 1.807) is 28.9 Å². The molecule has 2 aliphatic heterocycles. The van der Waals surface area contributed by atoms with Crippen molar-refractivity contribution in [3.8, 4) is 22.5 Å². The molecule has 10 heteroatoms. The molecule has 0 N–H and O–H groups in total. The van der Waals surface area contributed by atoms with Crippen LogP contribution < -0.4 is 5.30 Å². The molecule has 2 aliphatic rings. The van der Waals surface area contributed by atoms with Gasteiger partial charge in [0.25, 0.3) is 0 Å². The van der Waals surface area contributed by atoms with E-state index in [4.69, 9.17) is 4.98 Å². The zero-order valence-electron chi connectivity index (χ0n) is 19.3. The van der Waals surface area contributed by atoms with Gasteiger partial charge in [0.2, 0.25) is 0 Å². The average molecular weight is 505 g/mol. The van der Waals surface area contributed by atoms with Gasteiger partial charge in [0.05, 0.1) is 22.4 Å². The fourth-order valence-electron chi connectivity index (χ4n) is 5.64. The lowest BCUT2D eigenvalue weighted by Crippen LogP contribution is -2.13. The highest BCUT2D eigenvalue weighted by atomic mass is 31.2. The van der Waals surface area contributed by atoms with Gasteiger partial charge in [-0.25, -0.2) is 27.8 Å². The lowest BCUT2D eigenvalue weighted by Gasteiger charge is -2.19. The van der Waals surface area contributed by atoms with E-state index in [1.807, 2.05) is 10.6 Å². The third kappa shape index (κ3) is 2.80. The van der Waals surface area contributed by atoms with Crippen LogP contribution in [0.4, 0.5) is 13.2 Å². The smallest absolute Gasteiger partial charge is 0.170 e. The van der Waals surface area contributed by atoms with Crippen molar-refractivity contribution in [2.75, 3.05) is 13.3 Å². The lowest BCUT2D eigenvalue weighted by molar-refractivity contribution is 0.495. The normalized spacial score (nSPS) is 18.1. The first kappa shape index (κ1) is 21.6. The Morgan fingerprint density at radius 2 is 1.81 bits per heavy atom. The van der Waals surface area contributed by atoms with Gasteiger partial charge in [-0.15, -0.1) is 0 Å². The number of nitrogens with zero attached hydrogens (tertiary/aromatic N) is 5. The van der Waals surface area contributed by atoms with Crippen molar-refractivity contribution in [3.63, 3.8) is 0 Å². The molecule has 180 valence electrons. The molecule has 2 bridgehead atoms. The first-order chi connectivity index (χ1) is 17.2. The standard InChI is InChI=1S/C26H19F3N5OP/c1-36(2,35)21-9-7-14(23(28)24(21)29)13-6-8-17-18(10-13)33-19-11-20(26(33)32-17)34-25(30-12-31-34)15-4-3-5-16(27)22(15)19/h3-10,12,19-20H,11H2,1-2H3/t19-,20-/m0/s1. The molecular weight excluding hydrogens is 486 g/mol.